The first-order valence-corrected chi connectivity index (χ1v) is 4.09. The van der Waals surface area contributed by atoms with Crippen LogP contribution in [0.1, 0.15) is 0 Å². The second-order valence-corrected chi connectivity index (χ2v) is 3.01. The highest BCUT2D eigenvalue weighted by Crippen LogP contribution is 2.15. The van der Waals surface area contributed by atoms with E-state index >= 15 is 0 Å². The molecule has 72 valence electrons. The fourth-order valence-electron chi connectivity index (χ4n) is 1.36. The first-order chi connectivity index (χ1) is 6.68. The van der Waals surface area contributed by atoms with E-state index in [2.05, 4.69) is 4.99 Å². The topological polar surface area (TPSA) is 78.9 Å². The third-order valence-electron chi connectivity index (χ3n) is 1.98. The minimum atomic E-state index is -0.980. The summed E-state index contributed by atoms with van der Waals surface area (Å²) in [6.45, 7) is 0.486. The lowest BCUT2D eigenvalue weighted by molar-refractivity contribution is -0.132. The van der Waals surface area contributed by atoms with Crippen molar-refractivity contribution in [2.75, 3.05) is 6.54 Å². The molecule has 2 heterocycles. The maximum atomic E-state index is 10.8. The largest absolute Gasteiger partial charge is 0.478 e. The van der Waals surface area contributed by atoms with Crippen LogP contribution in [0.15, 0.2) is 40.8 Å². The summed E-state index contributed by atoms with van der Waals surface area (Å²) in [5.41, 5.74) is 6.38. The zero-order chi connectivity index (χ0) is 10.1. The molecule has 0 bridgehead atoms. The van der Waals surface area contributed by atoms with E-state index in [9.17, 15) is 4.79 Å². The molecule has 0 amide bonds. The van der Waals surface area contributed by atoms with Crippen molar-refractivity contribution in [1.29, 1.82) is 0 Å². The molecule has 0 aromatic rings. The molecule has 3 N–H and O–H groups in total. The highest BCUT2D eigenvalue weighted by atomic mass is 16.4. The zero-order valence-electron chi connectivity index (χ0n) is 7.34. The minimum Gasteiger partial charge on any atom is -0.478 e. The SMILES string of the molecule is NC1=CN=C2C(C(=O)O)=CC=CN2C1. The van der Waals surface area contributed by atoms with Gasteiger partial charge >= 0.3 is 5.97 Å². The summed E-state index contributed by atoms with van der Waals surface area (Å²) in [5, 5.41) is 8.88. The third kappa shape index (κ3) is 1.28. The maximum absolute atomic E-state index is 10.8. The van der Waals surface area contributed by atoms with Gasteiger partial charge in [0.25, 0.3) is 0 Å². The van der Waals surface area contributed by atoms with Crippen molar-refractivity contribution in [2.24, 2.45) is 10.7 Å². The van der Waals surface area contributed by atoms with Gasteiger partial charge in [0.2, 0.25) is 0 Å². The average Bonchev–Trinajstić information content (AvgIpc) is 2.16. The fraction of sp³-hybridized carbons (Fsp3) is 0.111. The van der Waals surface area contributed by atoms with E-state index in [1.54, 1.807) is 17.2 Å². The maximum Gasteiger partial charge on any atom is 0.339 e. The van der Waals surface area contributed by atoms with E-state index < -0.39 is 5.97 Å². The third-order valence-corrected chi connectivity index (χ3v) is 1.98. The molecule has 14 heavy (non-hydrogen) atoms. The quantitative estimate of drug-likeness (QED) is 0.613. The van der Waals surface area contributed by atoms with Crippen molar-refractivity contribution in [3.05, 3.63) is 35.8 Å². The van der Waals surface area contributed by atoms with Crippen molar-refractivity contribution >= 4 is 11.8 Å². The number of hydrogen-bond acceptors (Lipinski definition) is 4. The number of fused-ring (bicyclic) bond motifs is 1. The Morgan fingerprint density at radius 1 is 1.64 bits per heavy atom. The van der Waals surface area contributed by atoms with Crippen molar-refractivity contribution in [3.8, 4) is 0 Å². The van der Waals surface area contributed by atoms with Gasteiger partial charge in [-0.25, -0.2) is 9.79 Å². The van der Waals surface area contributed by atoms with Crippen LogP contribution < -0.4 is 5.73 Å². The van der Waals surface area contributed by atoms with Crippen molar-refractivity contribution in [1.82, 2.24) is 4.90 Å². The Bertz CT molecular complexity index is 404. The van der Waals surface area contributed by atoms with Crippen LogP contribution in [0, 0.1) is 0 Å². The van der Waals surface area contributed by atoms with Crippen LogP contribution in [0.3, 0.4) is 0 Å². The Kier molecular flexibility index (Phi) is 1.85. The van der Waals surface area contributed by atoms with Gasteiger partial charge in [0.1, 0.15) is 11.4 Å². The van der Waals surface area contributed by atoms with Crippen LogP contribution in [-0.2, 0) is 4.79 Å². The first kappa shape index (κ1) is 8.55. The van der Waals surface area contributed by atoms with Crippen molar-refractivity contribution < 1.29 is 9.90 Å². The molecular formula is C9H9N3O2. The van der Waals surface area contributed by atoms with E-state index in [1.165, 1.54) is 12.3 Å². The van der Waals surface area contributed by atoms with Gasteiger partial charge in [0.05, 0.1) is 6.54 Å². The standard InChI is InChI=1S/C9H9N3O2/c10-6-4-11-8-7(9(13)14)2-1-3-12(8)5-6/h1-4H,5,10H2,(H,13,14). The Hall–Kier alpha value is -2.04. The van der Waals surface area contributed by atoms with Crippen LogP contribution in [0.5, 0.6) is 0 Å². The van der Waals surface area contributed by atoms with Crippen LogP contribution in [0.25, 0.3) is 0 Å². The smallest absolute Gasteiger partial charge is 0.339 e. The van der Waals surface area contributed by atoms with Gasteiger partial charge < -0.3 is 15.7 Å². The molecule has 2 aliphatic rings. The molecule has 5 heteroatoms. The minimum absolute atomic E-state index is 0.191. The molecular weight excluding hydrogens is 182 g/mol. The number of aliphatic imine (C=N–C) groups is 1. The summed E-state index contributed by atoms with van der Waals surface area (Å²) in [5.74, 6) is -0.541. The van der Waals surface area contributed by atoms with Crippen LogP contribution in [-0.4, -0.2) is 28.4 Å². The van der Waals surface area contributed by atoms with Gasteiger partial charge in [-0.05, 0) is 12.2 Å². The van der Waals surface area contributed by atoms with Crippen LogP contribution >= 0.6 is 0 Å². The average molecular weight is 191 g/mol. The molecule has 2 rings (SSSR count). The zero-order valence-corrected chi connectivity index (χ0v) is 7.34. The molecule has 0 atom stereocenters. The lowest BCUT2D eigenvalue weighted by Crippen LogP contribution is -2.36. The van der Waals surface area contributed by atoms with Crippen molar-refractivity contribution in [3.63, 3.8) is 0 Å². The highest BCUT2D eigenvalue weighted by molar-refractivity contribution is 6.19. The summed E-state index contributed by atoms with van der Waals surface area (Å²) >= 11 is 0. The number of carboxylic acid groups (broad SMARTS) is 1. The molecule has 0 spiro atoms. The van der Waals surface area contributed by atoms with Gasteiger partial charge in [0.15, 0.2) is 0 Å². The van der Waals surface area contributed by atoms with E-state index in [4.69, 9.17) is 10.8 Å². The number of carboxylic acids is 1. The molecule has 0 saturated heterocycles. The van der Waals surface area contributed by atoms with E-state index in [0.29, 0.717) is 18.1 Å². The van der Waals surface area contributed by atoms with Crippen molar-refractivity contribution in [2.45, 2.75) is 0 Å². The molecule has 0 aliphatic carbocycles. The summed E-state index contributed by atoms with van der Waals surface area (Å²) in [4.78, 5) is 16.5. The van der Waals surface area contributed by atoms with Crippen LogP contribution in [0.4, 0.5) is 0 Å². The summed E-state index contributed by atoms with van der Waals surface area (Å²) in [7, 11) is 0. The highest BCUT2D eigenvalue weighted by Gasteiger charge is 2.23. The summed E-state index contributed by atoms with van der Waals surface area (Å²) < 4.78 is 0. The van der Waals surface area contributed by atoms with Gasteiger partial charge in [-0.15, -0.1) is 0 Å². The number of rotatable bonds is 1. The number of amidine groups is 1. The predicted molar refractivity (Wildman–Crippen MR) is 51.3 cm³/mol. The van der Waals surface area contributed by atoms with Gasteiger partial charge in [0, 0.05) is 18.1 Å². The normalized spacial score (nSPS) is 19.4. The second kappa shape index (κ2) is 3.02. The summed E-state index contributed by atoms with van der Waals surface area (Å²) in [6.07, 6.45) is 6.43. The Morgan fingerprint density at radius 2 is 2.43 bits per heavy atom. The Balaban J connectivity index is 2.42. The summed E-state index contributed by atoms with van der Waals surface area (Å²) in [6, 6.07) is 0. The molecule has 0 radical (unpaired) electrons. The molecule has 0 fully saturated rings. The molecule has 0 aromatic heterocycles. The predicted octanol–water partition coefficient (Wildman–Crippen LogP) is 0.0389. The molecule has 2 aliphatic heterocycles. The van der Waals surface area contributed by atoms with E-state index in [0.717, 1.165) is 0 Å². The molecule has 0 saturated carbocycles. The lowest BCUT2D eigenvalue weighted by Gasteiger charge is -2.27. The molecule has 0 aromatic carbocycles. The first-order valence-electron chi connectivity index (χ1n) is 4.09. The van der Waals surface area contributed by atoms with Gasteiger partial charge in [-0.2, -0.15) is 0 Å². The number of hydrogen-bond donors (Lipinski definition) is 2. The molecule has 5 nitrogen and oxygen atoms in total. The number of nitrogens with two attached hydrogens (primary N) is 1. The van der Waals surface area contributed by atoms with E-state index in [-0.39, 0.29) is 5.57 Å². The van der Waals surface area contributed by atoms with Gasteiger partial charge in [-0.1, -0.05) is 0 Å². The van der Waals surface area contributed by atoms with Crippen LogP contribution in [0.2, 0.25) is 0 Å². The second-order valence-electron chi connectivity index (χ2n) is 3.01. The monoisotopic (exact) mass is 191 g/mol. The van der Waals surface area contributed by atoms with E-state index in [1.807, 2.05) is 0 Å². The molecule has 0 unspecified atom stereocenters. The van der Waals surface area contributed by atoms with Gasteiger partial charge in [-0.3, -0.25) is 0 Å². The fourth-order valence-corrected chi connectivity index (χ4v) is 1.36. The number of nitrogens with zero attached hydrogens (tertiary/aromatic N) is 2. The lowest BCUT2D eigenvalue weighted by atomic mass is 10.1. The number of carbonyl (C=O) groups is 1. The number of aliphatic carboxylic acids is 1. The Morgan fingerprint density at radius 3 is 3.14 bits per heavy atom. The Labute approximate surface area is 80.5 Å². The number of allylic oxidation sites excluding steroid dienone is 2.